The van der Waals surface area contributed by atoms with Crippen LogP contribution in [0.1, 0.15) is 44.0 Å². The lowest BCUT2D eigenvalue weighted by Crippen LogP contribution is -2.36. The van der Waals surface area contributed by atoms with E-state index in [1.54, 1.807) is 6.20 Å². The van der Waals surface area contributed by atoms with E-state index in [4.69, 9.17) is 10.1 Å². The predicted molar refractivity (Wildman–Crippen MR) is 111 cm³/mol. The smallest absolute Gasteiger partial charge is 0.226 e. The zero-order valence-corrected chi connectivity index (χ0v) is 16.8. The predicted octanol–water partition coefficient (Wildman–Crippen LogP) is 4.31. The van der Waals surface area contributed by atoms with Crippen LogP contribution >= 0.6 is 0 Å². The van der Waals surface area contributed by atoms with Gasteiger partial charge < -0.3 is 5.32 Å². The Labute approximate surface area is 169 Å². The monoisotopic (exact) mass is 385 g/mol. The van der Waals surface area contributed by atoms with Crippen LogP contribution in [0.3, 0.4) is 0 Å². The van der Waals surface area contributed by atoms with Gasteiger partial charge in [0.25, 0.3) is 0 Å². The number of nitrogens with one attached hydrogen (secondary N) is 1. The van der Waals surface area contributed by atoms with E-state index in [0.29, 0.717) is 18.2 Å². The second-order valence-corrected chi connectivity index (χ2v) is 8.63. The summed E-state index contributed by atoms with van der Waals surface area (Å²) in [5.41, 5.74) is 4.52. The van der Waals surface area contributed by atoms with Gasteiger partial charge in [0.1, 0.15) is 6.04 Å². The summed E-state index contributed by atoms with van der Waals surface area (Å²) in [6.45, 7) is 6.31. The molecule has 0 bridgehead atoms. The number of aryl methyl sites for hydroxylation is 1. The molecule has 2 aliphatic rings. The largest absolute Gasteiger partial charge is 0.328 e. The summed E-state index contributed by atoms with van der Waals surface area (Å²) in [6, 6.07) is 13.5. The number of hydrogen-bond donors (Lipinski definition) is 1. The molecule has 1 atom stereocenters. The van der Waals surface area contributed by atoms with Gasteiger partial charge >= 0.3 is 0 Å². The molecule has 1 aliphatic heterocycles. The van der Waals surface area contributed by atoms with E-state index in [-0.39, 0.29) is 17.2 Å². The fraction of sp³-hybridized carbons (Fsp3) is 0.304. The summed E-state index contributed by atoms with van der Waals surface area (Å²) in [5.74, 6) is 1.46. The number of nitrogens with zero attached hydrogens (tertiary/aromatic N) is 4. The molecule has 0 amide bonds. The number of allylic oxidation sites excluding steroid dienone is 2. The second-order valence-electron chi connectivity index (χ2n) is 8.63. The SMILES string of the molecule is Cc1ccccc1-c1nc2n(n1)C(c1ccccn1)C1=C(CC(C)(C)CC1=O)N2. The maximum absolute atomic E-state index is 13.2. The van der Waals surface area contributed by atoms with Gasteiger partial charge in [0, 0.05) is 29.5 Å². The maximum atomic E-state index is 13.2. The number of anilines is 1. The lowest BCUT2D eigenvalue weighted by atomic mass is 9.73. The van der Waals surface area contributed by atoms with E-state index < -0.39 is 0 Å². The van der Waals surface area contributed by atoms with E-state index in [1.165, 1.54) is 0 Å². The molecule has 1 N–H and O–H groups in total. The average Bonchev–Trinajstić information content (AvgIpc) is 3.09. The maximum Gasteiger partial charge on any atom is 0.226 e. The van der Waals surface area contributed by atoms with Crippen LogP contribution in [0.4, 0.5) is 5.95 Å². The lowest BCUT2D eigenvalue weighted by molar-refractivity contribution is -0.118. The summed E-state index contributed by atoms with van der Waals surface area (Å²) in [7, 11) is 0. The summed E-state index contributed by atoms with van der Waals surface area (Å²) in [4.78, 5) is 22.5. The van der Waals surface area contributed by atoms with Gasteiger partial charge in [-0.25, -0.2) is 4.68 Å². The van der Waals surface area contributed by atoms with Gasteiger partial charge in [0.2, 0.25) is 5.95 Å². The zero-order chi connectivity index (χ0) is 20.2. The highest BCUT2D eigenvalue weighted by molar-refractivity contribution is 6.00. The molecule has 0 fully saturated rings. The first-order valence-corrected chi connectivity index (χ1v) is 9.90. The Kier molecular flexibility index (Phi) is 3.91. The van der Waals surface area contributed by atoms with Crippen LogP contribution in [0.25, 0.3) is 11.4 Å². The van der Waals surface area contributed by atoms with Crippen molar-refractivity contribution in [2.75, 3.05) is 5.32 Å². The fourth-order valence-corrected chi connectivity index (χ4v) is 4.36. The van der Waals surface area contributed by atoms with Crippen LogP contribution < -0.4 is 5.32 Å². The summed E-state index contributed by atoms with van der Waals surface area (Å²) >= 11 is 0. The first-order valence-electron chi connectivity index (χ1n) is 9.90. The standard InChI is InChI=1S/C23H23N5O/c1-14-8-4-5-9-15(14)21-26-22-25-17-12-23(2,3)13-18(29)19(17)20(28(22)27-21)16-10-6-7-11-24-16/h4-11,20H,12-13H2,1-3H3,(H,25,26,27). The van der Waals surface area contributed by atoms with E-state index in [2.05, 4.69) is 24.1 Å². The average molecular weight is 385 g/mol. The van der Waals surface area contributed by atoms with Crippen LogP contribution in [0, 0.1) is 12.3 Å². The Balaban J connectivity index is 1.70. The molecule has 6 heteroatoms. The third kappa shape index (κ3) is 2.95. The van der Waals surface area contributed by atoms with Crippen molar-refractivity contribution in [1.29, 1.82) is 0 Å². The van der Waals surface area contributed by atoms with Crippen molar-refractivity contribution in [3.63, 3.8) is 0 Å². The number of benzene rings is 1. The van der Waals surface area contributed by atoms with E-state index in [1.807, 2.05) is 54.1 Å². The van der Waals surface area contributed by atoms with Gasteiger partial charge in [0.05, 0.1) is 5.69 Å². The molecule has 0 saturated carbocycles. The van der Waals surface area contributed by atoms with Crippen LogP contribution in [-0.2, 0) is 4.79 Å². The third-order valence-corrected chi connectivity index (χ3v) is 5.69. The van der Waals surface area contributed by atoms with Crippen LogP contribution in [0.5, 0.6) is 0 Å². The molecule has 5 rings (SSSR count). The van der Waals surface area contributed by atoms with Gasteiger partial charge in [0.15, 0.2) is 11.6 Å². The molecule has 1 aliphatic carbocycles. The Morgan fingerprint density at radius 3 is 2.66 bits per heavy atom. The highest BCUT2D eigenvalue weighted by Crippen LogP contribution is 2.45. The number of fused-ring (bicyclic) bond motifs is 1. The molecular weight excluding hydrogens is 362 g/mol. The van der Waals surface area contributed by atoms with E-state index in [9.17, 15) is 4.79 Å². The number of hydrogen-bond acceptors (Lipinski definition) is 5. The van der Waals surface area contributed by atoms with Crippen molar-refractivity contribution in [3.8, 4) is 11.4 Å². The normalized spacial score (nSPS) is 20.1. The number of rotatable bonds is 2. The minimum absolute atomic E-state index is 0.0847. The molecule has 3 heterocycles. The summed E-state index contributed by atoms with van der Waals surface area (Å²) in [6.07, 6.45) is 3.07. The Morgan fingerprint density at radius 1 is 1.10 bits per heavy atom. The lowest BCUT2D eigenvalue weighted by Gasteiger charge is -2.37. The number of pyridine rings is 1. The van der Waals surface area contributed by atoms with Crippen molar-refractivity contribution >= 4 is 11.7 Å². The number of Topliss-reactive ketones (excluding diaryl/α,β-unsaturated/α-hetero) is 1. The molecule has 3 aromatic rings. The Hall–Kier alpha value is -3.28. The van der Waals surface area contributed by atoms with E-state index >= 15 is 0 Å². The molecule has 146 valence electrons. The third-order valence-electron chi connectivity index (χ3n) is 5.69. The van der Waals surface area contributed by atoms with Gasteiger partial charge in [-0.3, -0.25) is 9.78 Å². The van der Waals surface area contributed by atoms with Gasteiger partial charge in [-0.15, -0.1) is 5.10 Å². The number of carbonyl (C=O) groups excluding carboxylic acids is 1. The summed E-state index contributed by atoms with van der Waals surface area (Å²) < 4.78 is 1.82. The van der Waals surface area contributed by atoms with Crippen molar-refractivity contribution in [2.45, 2.75) is 39.7 Å². The number of ketones is 1. The first kappa shape index (κ1) is 17.8. The number of carbonyl (C=O) groups is 1. The van der Waals surface area contributed by atoms with E-state index in [0.717, 1.165) is 34.5 Å². The molecule has 1 unspecified atom stereocenters. The second kappa shape index (κ2) is 6.37. The van der Waals surface area contributed by atoms with Crippen molar-refractivity contribution in [3.05, 3.63) is 71.2 Å². The Bertz CT molecular complexity index is 1140. The molecule has 6 nitrogen and oxygen atoms in total. The van der Waals surface area contributed by atoms with Crippen molar-refractivity contribution in [1.82, 2.24) is 19.7 Å². The van der Waals surface area contributed by atoms with Gasteiger partial charge in [-0.1, -0.05) is 44.2 Å². The molecule has 0 saturated heterocycles. The molecule has 2 aromatic heterocycles. The van der Waals surface area contributed by atoms with Gasteiger partial charge in [-0.2, -0.15) is 4.98 Å². The van der Waals surface area contributed by atoms with Crippen LogP contribution in [-0.4, -0.2) is 25.5 Å². The minimum Gasteiger partial charge on any atom is -0.328 e. The van der Waals surface area contributed by atoms with Crippen LogP contribution in [0.2, 0.25) is 0 Å². The minimum atomic E-state index is -0.365. The molecule has 0 radical (unpaired) electrons. The van der Waals surface area contributed by atoms with Crippen LogP contribution in [0.15, 0.2) is 59.9 Å². The molecule has 1 aromatic carbocycles. The summed E-state index contributed by atoms with van der Waals surface area (Å²) in [5, 5.41) is 8.23. The molecule has 0 spiro atoms. The molecule has 29 heavy (non-hydrogen) atoms. The topological polar surface area (TPSA) is 72.7 Å². The van der Waals surface area contributed by atoms with Crippen molar-refractivity contribution in [2.24, 2.45) is 5.41 Å². The highest BCUT2D eigenvalue weighted by atomic mass is 16.1. The fourth-order valence-electron chi connectivity index (χ4n) is 4.36. The highest BCUT2D eigenvalue weighted by Gasteiger charge is 2.42. The zero-order valence-electron chi connectivity index (χ0n) is 16.8. The molecular formula is C23H23N5O. The van der Waals surface area contributed by atoms with Crippen molar-refractivity contribution < 1.29 is 4.79 Å². The Morgan fingerprint density at radius 2 is 1.90 bits per heavy atom. The van der Waals surface area contributed by atoms with Gasteiger partial charge in [-0.05, 0) is 36.5 Å². The number of aromatic nitrogens is 4. The quantitative estimate of drug-likeness (QED) is 0.712. The first-order chi connectivity index (χ1) is 13.9.